The molecule has 6 heteroatoms. The van der Waals surface area contributed by atoms with Crippen LogP contribution >= 0.6 is 0 Å². The van der Waals surface area contributed by atoms with Gasteiger partial charge in [-0.3, -0.25) is 4.79 Å². The number of aromatic amines is 1. The molecule has 0 saturated carbocycles. The third-order valence-corrected chi connectivity index (χ3v) is 2.15. The summed E-state index contributed by atoms with van der Waals surface area (Å²) < 4.78 is 37.2. The van der Waals surface area contributed by atoms with Crippen molar-refractivity contribution >= 4 is 10.9 Å². The predicted octanol–water partition coefficient (Wildman–Crippen LogP) is 2.25. The van der Waals surface area contributed by atoms with E-state index in [0.717, 1.165) is 18.2 Å². The van der Waals surface area contributed by atoms with Gasteiger partial charge in [0.25, 0.3) is 5.56 Å². The van der Waals surface area contributed by atoms with Gasteiger partial charge >= 0.3 is 6.18 Å². The Hall–Kier alpha value is -1.85. The van der Waals surface area contributed by atoms with Crippen molar-refractivity contribution < 1.29 is 13.2 Å². The Kier molecular flexibility index (Phi) is 2.22. The third kappa shape index (κ3) is 1.78. The van der Waals surface area contributed by atoms with E-state index in [1.807, 2.05) is 0 Å². The molecule has 0 aliphatic heterocycles. The van der Waals surface area contributed by atoms with Gasteiger partial charge in [0.1, 0.15) is 5.82 Å². The Morgan fingerprint density at radius 3 is 2.62 bits per heavy atom. The highest BCUT2D eigenvalue weighted by molar-refractivity contribution is 5.78. The summed E-state index contributed by atoms with van der Waals surface area (Å²) in [5, 5.41) is 0.151. The number of hydrogen-bond donors (Lipinski definition) is 1. The molecule has 0 unspecified atom stereocenters. The number of H-pyrrole nitrogens is 1. The molecule has 2 rings (SSSR count). The third-order valence-electron chi connectivity index (χ3n) is 2.15. The molecular formula is C10H7F3N2O. The monoisotopic (exact) mass is 228 g/mol. The van der Waals surface area contributed by atoms with Gasteiger partial charge in [-0.25, -0.2) is 4.98 Å². The maximum Gasteiger partial charge on any atom is 0.416 e. The molecule has 0 atom stereocenters. The van der Waals surface area contributed by atoms with E-state index in [2.05, 4.69) is 9.97 Å². The number of halogens is 3. The van der Waals surface area contributed by atoms with Crippen LogP contribution in [0.1, 0.15) is 11.4 Å². The zero-order chi connectivity index (χ0) is 11.9. The van der Waals surface area contributed by atoms with E-state index in [1.54, 1.807) is 0 Å². The number of aryl methyl sites for hydroxylation is 1. The highest BCUT2D eigenvalue weighted by Gasteiger charge is 2.30. The van der Waals surface area contributed by atoms with Gasteiger partial charge in [0, 0.05) is 0 Å². The van der Waals surface area contributed by atoms with Crippen molar-refractivity contribution in [1.82, 2.24) is 9.97 Å². The van der Waals surface area contributed by atoms with Crippen LogP contribution in [0.3, 0.4) is 0 Å². The molecule has 0 bridgehead atoms. The SMILES string of the molecule is Cc1nc2cc(C(F)(F)F)ccc2c(=O)[nH]1. The quantitative estimate of drug-likeness (QED) is 0.751. The Balaban J connectivity index is 2.76. The zero-order valence-electron chi connectivity index (χ0n) is 8.22. The lowest BCUT2D eigenvalue weighted by atomic mass is 10.1. The van der Waals surface area contributed by atoms with Gasteiger partial charge in [-0.2, -0.15) is 13.2 Å². The molecule has 1 heterocycles. The fraction of sp³-hybridized carbons (Fsp3) is 0.200. The number of alkyl halides is 3. The second kappa shape index (κ2) is 3.33. The molecule has 84 valence electrons. The summed E-state index contributed by atoms with van der Waals surface area (Å²) in [7, 11) is 0. The summed E-state index contributed by atoms with van der Waals surface area (Å²) in [6, 6.07) is 2.87. The first-order valence-electron chi connectivity index (χ1n) is 4.46. The van der Waals surface area contributed by atoms with E-state index in [0.29, 0.717) is 0 Å². The van der Waals surface area contributed by atoms with Gasteiger partial charge in [-0.15, -0.1) is 0 Å². The van der Waals surface area contributed by atoms with Gasteiger partial charge in [-0.1, -0.05) is 0 Å². The molecule has 0 amide bonds. The summed E-state index contributed by atoms with van der Waals surface area (Å²) >= 11 is 0. The average Bonchev–Trinajstić information content (AvgIpc) is 2.15. The predicted molar refractivity (Wildman–Crippen MR) is 52.1 cm³/mol. The Morgan fingerprint density at radius 1 is 1.31 bits per heavy atom. The highest BCUT2D eigenvalue weighted by Crippen LogP contribution is 2.30. The maximum absolute atomic E-state index is 12.4. The molecule has 0 radical (unpaired) electrons. The lowest BCUT2D eigenvalue weighted by molar-refractivity contribution is -0.137. The van der Waals surface area contributed by atoms with E-state index in [1.165, 1.54) is 6.92 Å². The van der Waals surface area contributed by atoms with Crippen LogP contribution in [0.4, 0.5) is 13.2 Å². The van der Waals surface area contributed by atoms with Crippen molar-refractivity contribution in [3.63, 3.8) is 0 Å². The van der Waals surface area contributed by atoms with E-state index in [9.17, 15) is 18.0 Å². The first-order chi connectivity index (χ1) is 7.38. The van der Waals surface area contributed by atoms with Crippen LogP contribution in [0.5, 0.6) is 0 Å². The van der Waals surface area contributed by atoms with Crippen LogP contribution in [0.15, 0.2) is 23.0 Å². The molecule has 2 aromatic rings. The van der Waals surface area contributed by atoms with Crippen LogP contribution in [0.25, 0.3) is 10.9 Å². The lowest BCUT2D eigenvalue weighted by Crippen LogP contribution is -2.11. The first kappa shape index (κ1) is 10.7. The normalized spacial score (nSPS) is 12.0. The summed E-state index contributed by atoms with van der Waals surface area (Å²) in [4.78, 5) is 17.7. The van der Waals surface area contributed by atoms with Gasteiger partial charge in [-0.05, 0) is 25.1 Å². The van der Waals surface area contributed by atoms with Gasteiger partial charge in [0.15, 0.2) is 0 Å². The average molecular weight is 228 g/mol. The molecule has 1 aromatic carbocycles. The van der Waals surface area contributed by atoms with Crippen molar-refractivity contribution in [3.8, 4) is 0 Å². The van der Waals surface area contributed by atoms with Crippen LogP contribution in [0.2, 0.25) is 0 Å². The molecule has 16 heavy (non-hydrogen) atoms. The van der Waals surface area contributed by atoms with Crippen LogP contribution in [-0.4, -0.2) is 9.97 Å². The van der Waals surface area contributed by atoms with Gasteiger partial charge in [0.05, 0.1) is 16.5 Å². The lowest BCUT2D eigenvalue weighted by Gasteiger charge is -2.07. The maximum atomic E-state index is 12.4. The minimum absolute atomic E-state index is 0.0519. The van der Waals surface area contributed by atoms with Crippen LogP contribution in [-0.2, 0) is 6.18 Å². The highest BCUT2D eigenvalue weighted by atomic mass is 19.4. The number of hydrogen-bond acceptors (Lipinski definition) is 2. The minimum Gasteiger partial charge on any atom is -0.310 e. The summed E-state index contributed by atoms with van der Waals surface area (Å²) in [5.41, 5.74) is -1.19. The molecule has 1 N–H and O–H groups in total. The van der Waals surface area contributed by atoms with Crippen LogP contribution in [0, 0.1) is 6.92 Å². The molecule has 3 nitrogen and oxygen atoms in total. The molecule has 0 fully saturated rings. The second-order valence-electron chi connectivity index (χ2n) is 3.38. The number of nitrogens with one attached hydrogen (secondary N) is 1. The first-order valence-corrected chi connectivity index (χ1v) is 4.46. The Labute approximate surface area is 87.9 Å². The molecule has 0 aliphatic rings. The number of fused-ring (bicyclic) bond motifs is 1. The molecule has 0 saturated heterocycles. The van der Waals surface area contributed by atoms with Crippen molar-refractivity contribution in [2.24, 2.45) is 0 Å². The number of nitrogens with zero attached hydrogens (tertiary/aromatic N) is 1. The fourth-order valence-corrected chi connectivity index (χ4v) is 1.43. The summed E-state index contributed by atoms with van der Waals surface area (Å²) in [6.45, 7) is 1.51. The van der Waals surface area contributed by atoms with Crippen LogP contribution < -0.4 is 5.56 Å². The molecule has 1 aromatic heterocycles. The van der Waals surface area contributed by atoms with E-state index >= 15 is 0 Å². The standard InChI is InChI=1S/C10H7F3N2O/c1-5-14-8-4-6(10(11,12)13)2-3-7(8)9(16)15-5/h2-4H,1H3,(H,14,15,16). The smallest absolute Gasteiger partial charge is 0.310 e. The zero-order valence-corrected chi connectivity index (χ0v) is 8.22. The molecule has 0 aliphatic carbocycles. The van der Waals surface area contributed by atoms with E-state index < -0.39 is 17.3 Å². The Bertz CT molecular complexity index is 601. The summed E-state index contributed by atoms with van der Waals surface area (Å²) in [6.07, 6.45) is -4.42. The van der Waals surface area contributed by atoms with E-state index in [-0.39, 0.29) is 16.7 Å². The fourth-order valence-electron chi connectivity index (χ4n) is 1.43. The topological polar surface area (TPSA) is 45.8 Å². The largest absolute Gasteiger partial charge is 0.416 e. The van der Waals surface area contributed by atoms with Gasteiger partial charge < -0.3 is 4.98 Å². The second-order valence-corrected chi connectivity index (χ2v) is 3.38. The number of benzene rings is 1. The van der Waals surface area contributed by atoms with Crippen molar-refractivity contribution in [2.75, 3.05) is 0 Å². The molecular weight excluding hydrogens is 221 g/mol. The summed E-state index contributed by atoms with van der Waals surface area (Å²) in [5.74, 6) is 0.289. The van der Waals surface area contributed by atoms with Crippen molar-refractivity contribution in [3.05, 3.63) is 39.9 Å². The van der Waals surface area contributed by atoms with Crippen molar-refractivity contribution in [1.29, 1.82) is 0 Å². The molecule has 0 spiro atoms. The number of aromatic nitrogens is 2. The van der Waals surface area contributed by atoms with E-state index in [4.69, 9.17) is 0 Å². The van der Waals surface area contributed by atoms with Crippen molar-refractivity contribution in [2.45, 2.75) is 13.1 Å². The Morgan fingerprint density at radius 2 is 2.00 bits per heavy atom. The number of rotatable bonds is 0. The van der Waals surface area contributed by atoms with Gasteiger partial charge in [0.2, 0.25) is 0 Å². The minimum atomic E-state index is -4.42.